The van der Waals surface area contributed by atoms with E-state index in [9.17, 15) is 9.59 Å². The van der Waals surface area contributed by atoms with E-state index in [0.717, 1.165) is 12.0 Å². The van der Waals surface area contributed by atoms with Crippen LogP contribution in [0.25, 0.3) is 0 Å². The lowest BCUT2D eigenvalue weighted by Crippen LogP contribution is -2.34. The molecule has 0 aliphatic heterocycles. The number of carbonyl (C=O) groups is 2. The van der Waals surface area contributed by atoms with E-state index in [-0.39, 0.29) is 17.8 Å². The fourth-order valence-electron chi connectivity index (χ4n) is 2.29. The monoisotopic (exact) mass is 313 g/mol. The van der Waals surface area contributed by atoms with Crippen molar-refractivity contribution < 1.29 is 9.59 Å². The Morgan fingerprint density at radius 3 is 2.48 bits per heavy atom. The zero-order valence-corrected chi connectivity index (χ0v) is 13.1. The van der Waals surface area contributed by atoms with Gasteiger partial charge in [-0.2, -0.15) is 0 Å². The number of anilines is 1. The molecule has 0 radical (unpaired) electrons. The number of aromatic nitrogens is 2. The molecule has 3 amide bonds. The summed E-state index contributed by atoms with van der Waals surface area (Å²) in [6.07, 6.45) is 5.58. The second kappa shape index (κ2) is 7.35. The number of pyridine rings is 2. The molecule has 0 aromatic carbocycles. The van der Waals surface area contributed by atoms with Crippen LogP contribution in [0.1, 0.15) is 35.4 Å². The molecule has 1 atom stereocenters. The molecule has 0 saturated heterocycles. The van der Waals surface area contributed by atoms with Crippen LogP contribution in [0.2, 0.25) is 0 Å². The van der Waals surface area contributed by atoms with E-state index in [4.69, 9.17) is 5.73 Å². The van der Waals surface area contributed by atoms with Gasteiger partial charge in [0.25, 0.3) is 5.91 Å². The Morgan fingerprint density at radius 1 is 1.26 bits per heavy atom. The Bertz CT molecular complexity index is 673. The molecule has 0 spiro atoms. The molecule has 3 N–H and O–H groups in total. The third-order valence-electron chi connectivity index (χ3n) is 3.53. The Labute approximate surface area is 134 Å². The van der Waals surface area contributed by atoms with Crippen LogP contribution < -0.4 is 11.1 Å². The number of nitrogens with one attached hydrogen (secondary N) is 1. The van der Waals surface area contributed by atoms with Gasteiger partial charge in [-0.3, -0.25) is 9.78 Å². The maximum Gasteiger partial charge on any atom is 0.322 e. The summed E-state index contributed by atoms with van der Waals surface area (Å²) in [5.41, 5.74) is 6.80. The van der Waals surface area contributed by atoms with E-state index in [1.165, 1.54) is 12.3 Å². The first-order chi connectivity index (χ1) is 11.0. The molecule has 0 unspecified atom stereocenters. The minimum Gasteiger partial charge on any atom is -0.364 e. The van der Waals surface area contributed by atoms with E-state index in [0.29, 0.717) is 5.69 Å². The number of amides is 3. The zero-order chi connectivity index (χ0) is 16.8. The topological polar surface area (TPSA) is 101 Å². The van der Waals surface area contributed by atoms with Crippen LogP contribution in [0.15, 0.2) is 42.9 Å². The van der Waals surface area contributed by atoms with Crippen molar-refractivity contribution in [3.05, 3.63) is 54.1 Å². The summed E-state index contributed by atoms with van der Waals surface area (Å²) < 4.78 is 0. The molecule has 23 heavy (non-hydrogen) atoms. The van der Waals surface area contributed by atoms with Gasteiger partial charge in [-0.15, -0.1) is 0 Å². The highest BCUT2D eigenvalue weighted by molar-refractivity contribution is 5.92. The molecule has 2 aromatic rings. The number of rotatable bonds is 5. The van der Waals surface area contributed by atoms with E-state index in [1.54, 1.807) is 30.4 Å². The number of nitrogens with zero attached hydrogens (tertiary/aromatic N) is 3. The summed E-state index contributed by atoms with van der Waals surface area (Å²) >= 11 is 0. The SMILES string of the molecule is CC[C@@H](c1ccncc1)N(C)C(=O)Nc1ccc(C(N)=O)nc1. The van der Waals surface area contributed by atoms with Crippen LogP contribution in [-0.4, -0.2) is 33.9 Å². The molecule has 0 aliphatic carbocycles. The molecule has 0 saturated carbocycles. The summed E-state index contributed by atoms with van der Waals surface area (Å²) in [5.74, 6) is -0.608. The van der Waals surface area contributed by atoms with Crippen molar-refractivity contribution in [1.82, 2.24) is 14.9 Å². The van der Waals surface area contributed by atoms with Crippen LogP contribution in [0.4, 0.5) is 10.5 Å². The van der Waals surface area contributed by atoms with Crippen molar-refractivity contribution in [2.45, 2.75) is 19.4 Å². The van der Waals surface area contributed by atoms with Gasteiger partial charge >= 0.3 is 6.03 Å². The zero-order valence-electron chi connectivity index (χ0n) is 13.1. The van der Waals surface area contributed by atoms with E-state index < -0.39 is 5.91 Å². The van der Waals surface area contributed by atoms with Crippen LogP contribution in [0.5, 0.6) is 0 Å². The maximum atomic E-state index is 12.4. The molecule has 2 rings (SSSR count). The van der Waals surface area contributed by atoms with Crippen LogP contribution in [0, 0.1) is 0 Å². The third-order valence-corrected chi connectivity index (χ3v) is 3.53. The largest absolute Gasteiger partial charge is 0.364 e. The average Bonchev–Trinajstić information content (AvgIpc) is 2.57. The lowest BCUT2D eigenvalue weighted by molar-refractivity contribution is 0.0995. The van der Waals surface area contributed by atoms with Crippen molar-refractivity contribution in [3.63, 3.8) is 0 Å². The van der Waals surface area contributed by atoms with Crippen molar-refractivity contribution in [2.75, 3.05) is 12.4 Å². The van der Waals surface area contributed by atoms with Gasteiger partial charge in [0.05, 0.1) is 17.9 Å². The lowest BCUT2D eigenvalue weighted by Gasteiger charge is -2.27. The van der Waals surface area contributed by atoms with Crippen LogP contribution in [-0.2, 0) is 0 Å². The van der Waals surface area contributed by atoms with Crippen molar-refractivity contribution in [1.29, 1.82) is 0 Å². The summed E-state index contributed by atoms with van der Waals surface area (Å²) in [7, 11) is 1.73. The number of primary amides is 1. The number of hydrogen-bond acceptors (Lipinski definition) is 4. The van der Waals surface area contributed by atoms with Gasteiger partial charge in [0.2, 0.25) is 0 Å². The fourth-order valence-corrected chi connectivity index (χ4v) is 2.29. The molecule has 2 aromatic heterocycles. The average molecular weight is 313 g/mol. The predicted octanol–water partition coefficient (Wildman–Crippen LogP) is 2.19. The maximum absolute atomic E-state index is 12.4. The van der Waals surface area contributed by atoms with Gasteiger partial charge in [0, 0.05) is 19.4 Å². The van der Waals surface area contributed by atoms with Gasteiger partial charge in [-0.25, -0.2) is 9.78 Å². The Hall–Kier alpha value is -2.96. The fraction of sp³-hybridized carbons (Fsp3) is 0.250. The molecule has 0 fully saturated rings. The second-order valence-corrected chi connectivity index (χ2v) is 5.04. The van der Waals surface area contributed by atoms with Crippen LogP contribution >= 0.6 is 0 Å². The first-order valence-electron chi connectivity index (χ1n) is 7.22. The summed E-state index contributed by atoms with van der Waals surface area (Å²) in [6, 6.07) is 6.52. The predicted molar refractivity (Wildman–Crippen MR) is 86.8 cm³/mol. The molecule has 7 heteroatoms. The Kier molecular flexibility index (Phi) is 5.24. The smallest absolute Gasteiger partial charge is 0.322 e. The van der Waals surface area contributed by atoms with Crippen molar-refractivity contribution in [3.8, 4) is 0 Å². The highest BCUT2D eigenvalue weighted by Gasteiger charge is 2.20. The molecule has 0 aliphatic rings. The first kappa shape index (κ1) is 16.4. The van der Waals surface area contributed by atoms with Gasteiger partial charge in [0.1, 0.15) is 5.69 Å². The number of urea groups is 1. The van der Waals surface area contributed by atoms with Gasteiger partial charge < -0.3 is 16.0 Å². The third kappa shape index (κ3) is 4.03. The van der Waals surface area contributed by atoms with E-state index >= 15 is 0 Å². The Balaban J connectivity index is 2.08. The highest BCUT2D eigenvalue weighted by atomic mass is 16.2. The van der Waals surface area contributed by atoms with Crippen molar-refractivity contribution in [2.24, 2.45) is 5.73 Å². The van der Waals surface area contributed by atoms with Gasteiger partial charge in [0.15, 0.2) is 0 Å². The van der Waals surface area contributed by atoms with Gasteiger partial charge in [-0.1, -0.05) is 6.92 Å². The normalized spacial score (nSPS) is 11.6. The quantitative estimate of drug-likeness (QED) is 0.883. The first-order valence-corrected chi connectivity index (χ1v) is 7.22. The number of nitrogens with two attached hydrogens (primary N) is 1. The van der Waals surface area contributed by atoms with Crippen LogP contribution in [0.3, 0.4) is 0 Å². The standard InChI is InChI=1S/C16H19N5O2/c1-3-14(11-6-8-18-9-7-11)21(2)16(23)20-12-4-5-13(15(17)22)19-10-12/h4-10,14H,3H2,1-2H3,(H2,17,22)(H,20,23)/t14-/m0/s1. The van der Waals surface area contributed by atoms with Gasteiger partial charge in [-0.05, 0) is 36.2 Å². The molecular weight excluding hydrogens is 294 g/mol. The summed E-state index contributed by atoms with van der Waals surface area (Å²) in [6.45, 7) is 2.01. The molecular formula is C16H19N5O2. The second-order valence-electron chi connectivity index (χ2n) is 5.04. The van der Waals surface area contributed by atoms with E-state index in [1.807, 2.05) is 19.1 Å². The molecule has 7 nitrogen and oxygen atoms in total. The summed E-state index contributed by atoms with van der Waals surface area (Å²) in [4.78, 5) is 32.9. The molecule has 0 bridgehead atoms. The number of hydrogen-bond donors (Lipinski definition) is 2. The lowest BCUT2D eigenvalue weighted by atomic mass is 10.1. The van der Waals surface area contributed by atoms with E-state index in [2.05, 4.69) is 15.3 Å². The summed E-state index contributed by atoms with van der Waals surface area (Å²) in [5, 5.41) is 2.75. The Morgan fingerprint density at radius 2 is 1.96 bits per heavy atom. The highest BCUT2D eigenvalue weighted by Crippen LogP contribution is 2.23. The molecule has 2 heterocycles. The minimum absolute atomic E-state index is 0.0594. The minimum atomic E-state index is -0.608. The van der Waals surface area contributed by atoms with Crippen molar-refractivity contribution >= 4 is 17.6 Å². The molecule has 120 valence electrons. The number of carbonyl (C=O) groups excluding carboxylic acids is 2.